The second kappa shape index (κ2) is 11.1. The van der Waals surface area contributed by atoms with Crippen LogP contribution in [0.1, 0.15) is 89.7 Å². The molecule has 1 unspecified atom stereocenters. The number of thiophene rings is 1. The maximum absolute atomic E-state index is 13.0. The topological polar surface area (TPSA) is 82.5 Å². The van der Waals surface area contributed by atoms with Gasteiger partial charge in [-0.05, 0) is 74.3 Å². The van der Waals surface area contributed by atoms with Crippen molar-refractivity contribution in [3.05, 3.63) is 63.8 Å². The molecule has 0 radical (unpaired) electrons. The highest BCUT2D eigenvalue weighted by Crippen LogP contribution is 2.39. The number of esters is 1. The molecular formula is C27H33N3O4S. The molecule has 1 N–H and O–H groups in total. The van der Waals surface area contributed by atoms with E-state index in [2.05, 4.69) is 24.3 Å². The quantitative estimate of drug-likeness (QED) is 0.358. The predicted molar refractivity (Wildman–Crippen MR) is 137 cm³/mol. The van der Waals surface area contributed by atoms with E-state index in [1.54, 1.807) is 16.9 Å². The molecule has 2 heterocycles. The van der Waals surface area contributed by atoms with Gasteiger partial charge in [-0.3, -0.25) is 4.79 Å². The fourth-order valence-electron chi connectivity index (χ4n) is 4.01. The Morgan fingerprint density at radius 1 is 1.11 bits per heavy atom. The zero-order valence-electron chi connectivity index (χ0n) is 20.8. The summed E-state index contributed by atoms with van der Waals surface area (Å²) in [6.45, 7) is 8.34. The summed E-state index contributed by atoms with van der Waals surface area (Å²) < 4.78 is 13.0. The number of ether oxygens (including phenoxy) is 2. The van der Waals surface area contributed by atoms with E-state index in [4.69, 9.17) is 9.47 Å². The van der Waals surface area contributed by atoms with E-state index in [1.807, 2.05) is 38.1 Å². The van der Waals surface area contributed by atoms with Crippen molar-refractivity contribution < 1.29 is 19.1 Å². The molecule has 2 aromatic heterocycles. The molecular weight excluding hydrogens is 462 g/mol. The number of benzene rings is 1. The van der Waals surface area contributed by atoms with Crippen molar-refractivity contribution in [3.63, 3.8) is 0 Å². The number of aromatic nitrogens is 2. The van der Waals surface area contributed by atoms with Crippen LogP contribution in [0, 0.1) is 0 Å². The van der Waals surface area contributed by atoms with E-state index in [0.29, 0.717) is 16.5 Å². The number of hydrogen-bond acceptors (Lipinski definition) is 6. The molecule has 0 aliphatic heterocycles. The molecule has 8 heteroatoms. The maximum Gasteiger partial charge on any atom is 0.341 e. The second-order valence-electron chi connectivity index (χ2n) is 9.23. The van der Waals surface area contributed by atoms with Crippen molar-refractivity contribution in [3.8, 4) is 5.75 Å². The maximum atomic E-state index is 13.0. The fourth-order valence-corrected chi connectivity index (χ4v) is 5.28. The van der Waals surface area contributed by atoms with Gasteiger partial charge in [0, 0.05) is 11.1 Å². The van der Waals surface area contributed by atoms with Crippen molar-refractivity contribution in [2.45, 2.75) is 78.6 Å². The van der Waals surface area contributed by atoms with Gasteiger partial charge in [-0.1, -0.05) is 32.9 Å². The molecule has 1 aliphatic rings. The van der Waals surface area contributed by atoms with Gasteiger partial charge in [-0.25, -0.2) is 9.48 Å². The number of carbonyl (C=O) groups excluding carboxylic acids is 2. The first kappa shape index (κ1) is 25.0. The number of carbonyl (C=O) groups is 2. The van der Waals surface area contributed by atoms with Crippen LogP contribution in [0.15, 0.2) is 36.5 Å². The average Bonchev–Trinajstić information content (AvgIpc) is 3.47. The van der Waals surface area contributed by atoms with Gasteiger partial charge >= 0.3 is 5.97 Å². The highest BCUT2D eigenvalue weighted by atomic mass is 32.1. The third-order valence-electron chi connectivity index (χ3n) is 6.27. The summed E-state index contributed by atoms with van der Waals surface area (Å²) >= 11 is 1.47. The molecule has 0 saturated heterocycles. The number of rotatable bonds is 9. The minimum atomic E-state index is -0.364. The van der Waals surface area contributed by atoms with Crippen LogP contribution in [0.2, 0.25) is 0 Å². The average molecular weight is 496 g/mol. The smallest absolute Gasteiger partial charge is 0.341 e. The molecule has 35 heavy (non-hydrogen) atoms. The second-order valence-corrected chi connectivity index (χ2v) is 10.3. The lowest BCUT2D eigenvalue weighted by Gasteiger charge is -2.15. The molecule has 1 amide bonds. The summed E-state index contributed by atoms with van der Waals surface area (Å²) in [4.78, 5) is 27.1. The van der Waals surface area contributed by atoms with Crippen molar-refractivity contribution in [1.82, 2.24) is 9.78 Å². The zero-order valence-corrected chi connectivity index (χ0v) is 21.6. The first-order valence-electron chi connectivity index (χ1n) is 12.3. The Labute approximate surface area is 210 Å². The van der Waals surface area contributed by atoms with Gasteiger partial charge in [0.05, 0.1) is 11.7 Å². The van der Waals surface area contributed by atoms with E-state index in [-0.39, 0.29) is 30.4 Å². The number of anilines is 1. The molecule has 1 atom stereocenters. The molecule has 3 aromatic rings. The summed E-state index contributed by atoms with van der Waals surface area (Å²) in [5, 5.41) is 7.82. The Balaban J connectivity index is 1.44. The normalized spacial score (nSPS) is 13.9. The standard InChI is InChI=1S/C27H33N3O4S/c1-5-18(4)34-27(32)24-21-8-6-7-9-23(21)35-26(24)28-25(31)22-14-15-30(29-22)16-33-20-12-10-19(11-13-20)17(2)3/h10-15,17-18H,5-9,16H2,1-4H3,(H,28,31). The third-order valence-corrected chi connectivity index (χ3v) is 7.48. The predicted octanol–water partition coefficient (Wildman–Crippen LogP) is 6.19. The van der Waals surface area contributed by atoms with Crippen LogP contribution in [-0.2, 0) is 24.3 Å². The highest BCUT2D eigenvalue weighted by molar-refractivity contribution is 7.17. The number of amides is 1. The van der Waals surface area contributed by atoms with Crippen LogP contribution in [-0.4, -0.2) is 27.8 Å². The number of nitrogens with one attached hydrogen (secondary N) is 1. The Kier molecular flexibility index (Phi) is 7.90. The Morgan fingerprint density at radius 2 is 1.86 bits per heavy atom. The molecule has 1 aliphatic carbocycles. The first-order valence-corrected chi connectivity index (χ1v) is 13.1. The van der Waals surface area contributed by atoms with Gasteiger partial charge in [0.2, 0.25) is 0 Å². The molecule has 4 rings (SSSR count). The lowest BCUT2D eigenvalue weighted by molar-refractivity contribution is 0.0335. The minimum Gasteiger partial charge on any atom is -0.471 e. The van der Waals surface area contributed by atoms with E-state index in [0.717, 1.165) is 48.3 Å². The van der Waals surface area contributed by atoms with Gasteiger partial charge in [0.25, 0.3) is 5.91 Å². The van der Waals surface area contributed by atoms with E-state index in [9.17, 15) is 9.59 Å². The summed E-state index contributed by atoms with van der Waals surface area (Å²) in [5.74, 6) is 0.477. The summed E-state index contributed by atoms with van der Waals surface area (Å²) in [5.41, 5.74) is 3.03. The van der Waals surface area contributed by atoms with Crippen molar-refractivity contribution in [2.24, 2.45) is 0 Å². The molecule has 0 fully saturated rings. The van der Waals surface area contributed by atoms with Crippen molar-refractivity contribution in [2.75, 3.05) is 5.32 Å². The zero-order chi connectivity index (χ0) is 24.9. The number of fused-ring (bicyclic) bond motifs is 1. The minimum absolute atomic E-state index is 0.178. The van der Waals surface area contributed by atoms with E-state index in [1.165, 1.54) is 16.9 Å². The van der Waals surface area contributed by atoms with E-state index < -0.39 is 0 Å². The van der Waals surface area contributed by atoms with Crippen LogP contribution in [0.5, 0.6) is 5.75 Å². The van der Waals surface area contributed by atoms with Crippen LogP contribution in [0.25, 0.3) is 0 Å². The van der Waals surface area contributed by atoms with Gasteiger partial charge in [-0.2, -0.15) is 5.10 Å². The molecule has 7 nitrogen and oxygen atoms in total. The van der Waals surface area contributed by atoms with Crippen LogP contribution >= 0.6 is 11.3 Å². The molecule has 186 valence electrons. The molecule has 0 saturated carbocycles. The Morgan fingerprint density at radius 3 is 2.57 bits per heavy atom. The monoisotopic (exact) mass is 495 g/mol. The van der Waals surface area contributed by atoms with Crippen molar-refractivity contribution in [1.29, 1.82) is 0 Å². The van der Waals surface area contributed by atoms with Gasteiger partial charge in [-0.15, -0.1) is 11.3 Å². The van der Waals surface area contributed by atoms with Gasteiger partial charge < -0.3 is 14.8 Å². The fraction of sp³-hybridized carbons (Fsp3) is 0.444. The largest absolute Gasteiger partial charge is 0.471 e. The molecule has 0 spiro atoms. The lowest BCUT2D eigenvalue weighted by Crippen LogP contribution is -2.19. The summed E-state index contributed by atoms with van der Waals surface area (Å²) in [6.07, 6.45) is 6.13. The van der Waals surface area contributed by atoms with Crippen molar-refractivity contribution >= 4 is 28.2 Å². The summed E-state index contributed by atoms with van der Waals surface area (Å²) in [6, 6.07) is 9.61. The number of nitrogens with zero attached hydrogens (tertiary/aromatic N) is 2. The van der Waals surface area contributed by atoms with Crippen LogP contribution < -0.4 is 10.1 Å². The first-order chi connectivity index (χ1) is 16.9. The number of hydrogen-bond donors (Lipinski definition) is 1. The Bertz CT molecular complexity index is 1180. The van der Waals surface area contributed by atoms with Gasteiger partial charge in [0.15, 0.2) is 12.4 Å². The summed E-state index contributed by atoms with van der Waals surface area (Å²) in [7, 11) is 0. The van der Waals surface area contributed by atoms with Crippen LogP contribution in [0.3, 0.4) is 0 Å². The Hall–Kier alpha value is -3.13. The molecule has 0 bridgehead atoms. The SMILES string of the molecule is CCC(C)OC(=O)c1c(NC(=O)c2ccn(COc3ccc(C(C)C)cc3)n2)sc2c1CCCC2. The molecule has 1 aromatic carbocycles. The van der Waals surface area contributed by atoms with Crippen LogP contribution in [0.4, 0.5) is 5.00 Å². The lowest BCUT2D eigenvalue weighted by atomic mass is 9.95. The van der Waals surface area contributed by atoms with E-state index >= 15 is 0 Å². The highest BCUT2D eigenvalue weighted by Gasteiger charge is 2.28. The third kappa shape index (κ3) is 5.93. The van der Waals surface area contributed by atoms with Gasteiger partial charge in [0.1, 0.15) is 10.8 Å². The number of aryl methyl sites for hydroxylation is 1.